The van der Waals surface area contributed by atoms with Gasteiger partial charge in [0.25, 0.3) is 0 Å². The van der Waals surface area contributed by atoms with E-state index in [0.29, 0.717) is 35.1 Å². The average molecular weight is 344 g/mol. The van der Waals surface area contributed by atoms with Crippen LogP contribution in [-0.2, 0) is 14.3 Å². The summed E-state index contributed by atoms with van der Waals surface area (Å²) in [5, 5.41) is 7.06. The van der Waals surface area contributed by atoms with Crippen molar-refractivity contribution < 1.29 is 19.1 Å². The molecule has 0 unspecified atom stereocenters. The highest BCUT2D eigenvalue weighted by atomic mass is 32.1. The SMILES string of the molecule is COC(=O)CCCNC(=S)Nc1sc(C)c(C)c1C(=O)OC. The molecule has 0 fully saturated rings. The Labute approximate surface area is 139 Å². The predicted molar refractivity (Wildman–Crippen MR) is 90.6 cm³/mol. The molecule has 0 saturated heterocycles. The first-order chi connectivity index (χ1) is 10.4. The van der Waals surface area contributed by atoms with Crippen LogP contribution in [0.4, 0.5) is 5.00 Å². The van der Waals surface area contributed by atoms with Gasteiger partial charge >= 0.3 is 11.9 Å². The molecular formula is C14H20N2O4S2. The summed E-state index contributed by atoms with van der Waals surface area (Å²) < 4.78 is 9.36. The number of esters is 2. The van der Waals surface area contributed by atoms with Crippen molar-refractivity contribution in [3.63, 3.8) is 0 Å². The standard InChI is InChI=1S/C14H20N2O4S2/c1-8-9(2)22-12(11(8)13(18)20-4)16-14(21)15-7-5-6-10(17)19-3/h5-7H2,1-4H3,(H2,15,16,21). The summed E-state index contributed by atoms with van der Waals surface area (Å²) in [6.07, 6.45) is 0.942. The van der Waals surface area contributed by atoms with E-state index in [0.717, 1.165) is 10.4 Å². The maximum atomic E-state index is 11.8. The first kappa shape index (κ1) is 18.4. The minimum absolute atomic E-state index is 0.252. The second kappa shape index (κ2) is 8.70. The summed E-state index contributed by atoms with van der Waals surface area (Å²) in [6.45, 7) is 4.35. The molecule has 6 nitrogen and oxygen atoms in total. The topological polar surface area (TPSA) is 76.7 Å². The zero-order chi connectivity index (χ0) is 16.7. The fourth-order valence-corrected chi connectivity index (χ4v) is 3.07. The molecule has 0 atom stereocenters. The lowest BCUT2D eigenvalue weighted by atomic mass is 10.1. The van der Waals surface area contributed by atoms with Gasteiger partial charge in [0.15, 0.2) is 5.11 Å². The minimum atomic E-state index is -0.391. The summed E-state index contributed by atoms with van der Waals surface area (Å²) >= 11 is 6.64. The number of thiocarbonyl (C=S) groups is 1. The van der Waals surface area contributed by atoms with Crippen LogP contribution in [0, 0.1) is 13.8 Å². The lowest BCUT2D eigenvalue weighted by Gasteiger charge is -2.10. The van der Waals surface area contributed by atoms with Crippen LogP contribution in [0.5, 0.6) is 0 Å². The van der Waals surface area contributed by atoms with E-state index in [9.17, 15) is 9.59 Å². The van der Waals surface area contributed by atoms with E-state index in [4.69, 9.17) is 17.0 Å². The number of thiophene rings is 1. The Morgan fingerprint density at radius 2 is 1.91 bits per heavy atom. The van der Waals surface area contributed by atoms with Crippen molar-refractivity contribution in [3.05, 3.63) is 16.0 Å². The van der Waals surface area contributed by atoms with Gasteiger partial charge in [-0.3, -0.25) is 4.79 Å². The molecule has 22 heavy (non-hydrogen) atoms. The van der Waals surface area contributed by atoms with Crippen molar-refractivity contribution in [2.75, 3.05) is 26.1 Å². The molecule has 0 aromatic carbocycles. The Bertz CT molecular complexity index is 569. The molecule has 122 valence electrons. The molecule has 0 aliphatic carbocycles. The van der Waals surface area contributed by atoms with Gasteiger partial charge in [0, 0.05) is 17.8 Å². The number of rotatable bonds is 6. The molecule has 8 heteroatoms. The van der Waals surface area contributed by atoms with Crippen LogP contribution in [0.1, 0.15) is 33.6 Å². The largest absolute Gasteiger partial charge is 0.469 e. The number of nitrogens with one attached hydrogen (secondary N) is 2. The van der Waals surface area contributed by atoms with Crippen molar-refractivity contribution in [3.8, 4) is 0 Å². The van der Waals surface area contributed by atoms with Crippen LogP contribution in [0.3, 0.4) is 0 Å². The lowest BCUT2D eigenvalue weighted by Crippen LogP contribution is -2.29. The molecule has 0 spiro atoms. The quantitative estimate of drug-likeness (QED) is 0.466. The molecule has 1 rings (SSSR count). The maximum Gasteiger partial charge on any atom is 0.341 e. The van der Waals surface area contributed by atoms with Crippen molar-refractivity contribution in [2.45, 2.75) is 26.7 Å². The number of hydrogen-bond donors (Lipinski definition) is 2. The summed E-state index contributed by atoms with van der Waals surface area (Å²) in [6, 6.07) is 0. The van der Waals surface area contributed by atoms with E-state index < -0.39 is 5.97 Å². The second-order valence-electron chi connectivity index (χ2n) is 4.54. The molecule has 1 aromatic heterocycles. The molecule has 0 amide bonds. The monoisotopic (exact) mass is 344 g/mol. The van der Waals surface area contributed by atoms with E-state index in [1.54, 1.807) is 0 Å². The van der Waals surface area contributed by atoms with Crippen molar-refractivity contribution >= 4 is 45.6 Å². The number of ether oxygens (including phenoxy) is 2. The Balaban J connectivity index is 2.59. The molecule has 0 aliphatic heterocycles. The van der Waals surface area contributed by atoms with Gasteiger partial charge in [-0.25, -0.2) is 4.79 Å². The van der Waals surface area contributed by atoms with Gasteiger partial charge in [-0.1, -0.05) is 0 Å². The van der Waals surface area contributed by atoms with E-state index in [1.807, 2.05) is 13.8 Å². The highest BCUT2D eigenvalue weighted by Crippen LogP contribution is 2.32. The number of carbonyl (C=O) groups excluding carboxylic acids is 2. The second-order valence-corrected chi connectivity index (χ2v) is 6.17. The summed E-state index contributed by atoms with van der Waals surface area (Å²) in [4.78, 5) is 23.9. The number of carbonyl (C=O) groups is 2. The third-order valence-corrected chi connectivity index (χ3v) is 4.44. The molecule has 0 saturated carbocycles. The number of aryl methyl sites for hydroxylation is 1. The van der Waals surface area contributed by atoms with E-state index in [2.05, 4.69) is 15.4 Å². The van der Waals surface area contributed by atoms with Gasteiger partial charge in [0.1, 0.15) is 5.00 Å². The predicted octanol–water partition coefficient (Wildman–Crippen LogP) is 2.39. The Morgan fingerprint density at radius 3 is 2.50 bits per heavy atom. The molecule has 2 N–H and O–H groups in total. The first-order valence-electron chi connectivity index (χ1n) is 6.70. The third-order valence-electron chi connectivity index (χ3n) is 3.07. The molecule has 0 radical (unpaired) electrons. The van der Waals surface area contributed by atoms with Gasteiger partial charge in [-0.2, -0.15) is 0 Å². The molecule has 0 bridgehead atoms. The van der Waals surface area contributed by atoms with Crippen molar-refractivity contribution in [1.29, 1.82) is 0 Å². The Hall–Kier alpha value is -1.67. The van der Waals surface area contributed by atoms with Crippen molar-refractivity contribution in [2.24, 2.45) is 0 Å². The van der Waals surface area contributed by atoms with E-state index in [-0.39, 0.29) is 5.97 Å². The van der Waals surface area contributed by atoms with Crippen LogP contribution >= 0.6 is 23.6 Å². The molecular weight excluding hydrogens is 324 g/mol. The number of methoxy groups -OCH3 is 2. The zero-order valence-electron chi connectivity index (χ0n) is 13.1. The highest BCUT2D eigenvalue weighted by Gasteiger charge is 2.20. The Kier molecular flexibility index (Phi) is 7.26. The van der Waals surface area contributed by atoms with Gasteiger partial charge < -0.3 is 20.1 Å². The summed E-state index contributed by atoms with van der Waals surface area (Å²) in [7, 11) is 2.71. The van der Waals surface area contributed by atoms with Gasteiger partial charge in [-0.05, 0) is 38.0 Å². The van der Waals surface area contributed by atoms with E-state index in [1.165, 1.54) is 25.6 Å². The van der Waals surface area contributed by atoms with Crippen LogP contribution in [0.15, 0.2) is 0 Å². The minimum Gasteiger partial charge on any atom is -0.469 e. The Morgan fingerprint density at radius 1 is 1.23 bits per heavy atom. The summed E-state index contributed by atoms with van der Waals surface area (Å²) in [5.41, 5.74) is 1.39. The summed E-state index contributed by atoms with van der Waals surface area (Å²) in [5.74, 6) is -0.643. The number of anilines is 1. The smallest absolute Gasteiger partial charge is 0.341 e. The van der Waals surface area contributed by atoms with Gasteiger partial charge in [0.2, 0.25) is 0 Å². The first-order valence-corrected chi connectivity index (χ1v) is 7.93. The van der Waals surface area contributed by atoms with E-state index >= 15 is 0 Å². The normalized spacial score (nSPS) is 10.0. The van der Waals surface area contributed by atoms with Crippen LogP contribution in [0.25, 0.3) is 0 Å². The fourth-order valence-electron chi connectivity index (χ4n) is 1.75. The molecule has 1 heterocycles. The van der Waals surface area contributed by atoms with Crippen LogP contribution in [0.2, 0.25) is 0 Å². The van der Waals surface area contributed by atoms with Gasteiger partial charge in [-0.15, -0.1) is 11.3 Å². The molecule has 0 aliphatic rings. The number of hydrogen-bond acceptors (Lipinski definition) is 6. The van der Waals surface area contributed by atoms with Crippen LogP contribution < -0.4 is 10.6 Å². The maximum absolute atomic E-state index is 11.8. The lowest BCUT2D eigenvalue weighted by molar-refractivity contribution is -0.140. The van der Waals surface area contributed by atoms with Crippen molar-refractivity contribution in [1.82, 2.24) is 5.32 Å². The third kappa shape index (κ3) is 4.96. The zero-order valence-corrected chi connectivity index (χ0v) is 14.7. The van der Waals surface area contributed by atoms with Gasteiger partial charge in [0.05, 0.1) is 19.8 Å². The highest BCUT2D eigenvalue weighted by molar-refractivity contribution is 7.80. The van der Waals surface area contributed by atoms with Crippen LogP contribution in [-0.4, -0.2) is 37.8 Å². The average Bonchev–Trinajstić information content (AvgIpc) is 2.77. The molecule has 1 aromatic rings. The fraction of sp³-hybridized carbons (Fsp3) is 0.500.